The summed E-state index contributed by atoms with van der Waals surface area (Å²) in [6, 6.07) is 7.84. The highest BCUT2D eigenvalue weighted by Gasteiger charge is 2.22. The Hall–Kier alpha value is -1.55. The maximum atomic E-state index is 12.1. The molecule has 4 nitrogen and oxygen atoms in total. The molecular formula is C13H19N3O. The van der Waals surface area contributed by atoms with Gasteiger partial charge in [-0.05, 0) is 32.1 Å². The monoisotopic (exact) mass is 233 g/mol. The SMILES string of the molecule is CNc1ccccc1C(=O)NC1CCN(C)C1. The molecule has 0 aromatic heterocycles. The van der Waals surface area contributed by atoms with E-state index in [1.165, 1.54) is 0 Å². The highest BCUT2D eigenvalue weighted by molar-refractivity contribution is 5.99. The van der Waals surface area contributed by atoms with E-state index >= 15 is 0 Å². The third-order valence-corrected chi connectivity index (χ3v) is 3.17. The number of para-hydroxylation sites is 1. The van der Waals surface area contributed by atoms with E-state index in [-0.39, 0.29) is 11.9 Å². The fourth-order valence-electron chi connectivity index (χ4n) is 2.22. The lowest BCUT2D eigenvalue weighted by atomic mass is 10.1. The van der Waals surface area contributed by atoms with Crippen LogP contribution >= 0.6 is 0 Å². The number of carbonyl (C=O) groups excluding carboxylic acids is 1. The zero-order chi connectivity index (χ0) is 12.3. The molecule has 1 amide bonds. The van der Waals surface area contributed by atoms with Crippen molar-refractivity contribution >= 4 is 11.6 Å². The Morgan fingerprint density at radius 3 is 2.82 bits per heavy atom. The van der Waals surface area contributed by atoms with Crippen LogP contribution in [0.1, 0.15) is 16.8 Å². The highest BCUT2D eigenvalue weighted by Crippen LogP contribution is 2.15. The average molecular weight is 233 g/mol. The molecule has 1 heterocycles. The second-order valence-electron chi connectivity index (χ2n) is 4.52. The minimum Gasteiger partial charge on any atom is -0.387 e. The molecule has 0 spiro atoms. The summed E-state index contributed by atoms with van der Waals surface area (Å²) < 4.78 is 0. The predicted molar refractivity (Wildman–Crippen MR) is 69.4 cm³/mol. The molecule has 17 heavy (non-hydrogen) atoms. The first-order valence-electron chi connectivity index (χ1n) is 5.97. The zero-order valence-corrected chi connectivity index (χ0v) is 10.4. The molecule has 1 fully saturated rings. The number of nitrogens with one attached hydrogen (secondary N) is 2. The molecule has 0 saturated carbocycles. The van der Waals surface area contributed by atoms with Crippen LogP contribution in [-0.4, -0.2) is 44.0 Å². The summed E-state index contributed by atoms with van der Waals surface area (Å²) in [6.07, 6.45) is 1.03. The Labute approximate surface area is 102 Å². The van der Waals surface area contributed by atoms with Crippen LogP contribution in [0.25, 0.3) is 0 Å². The zero-order valence-electron chi connectivity index (χ0n) is 10.4. The molecule has 1 aliphatic rings. The van der Waals surface area contributed by atoms with Gasteiger partial charge in [0.2, 0.25) is 0 Å². The molecule has 92 valence electrons. The number of hydrogen-bond donors (Lipinski definition) is 2. The van der Waals surface area contributed by atoms with E-state index in [1.54, 1.807) is 0 Å². The number of carbonyl (C=O) groups is 1. The molecule has 0 radical (unpaired) electrons. The highest BCUT2D eigenvalue weighted by atomic mass is 16.1. The first-order chi connectivity index (χ1) is 8.20. The van der Waals surface area contributed by atoms with Gasteiger partial charge in [-0.3, -0.25) is 4.79 Å². The molecule has 1 unspecified atom stereocenters. The maximum absolute atomic E-state index is 12.1. The normalized spacial score (nSPS) is 20.2. The first kappa shape index (κ1) is 11.9. The third-order valence-electron chi connectivity index (χ3n) is 3.17. The average Bonchev–Trinajstić information content (AvgIpc) is 2.74. The van der Waals surface area contributed by atoms with Gasteiger partial charge in [-0.25, -0.2) is 0 Å². The minimum atomic E-state index is 0.00949. The summed E-state index contributed by atoms with van der Waals surface area (Å²) in [6.45, 7) is 1.99. The van der Waals surface area contributed by atoms with Crippen LogP contribution in [0.5, 0.6) is 0 Å². The van der Waals surface area contributed by atoms with Crippen molar-refractivity contribution in [3.05, 3.63) is 29.8 Å². The van der Waals surface area contributed by atoms with Gasteiger partial charge < -0.3 is 15.5 Å². The largest absolute Gasteiger partial charge is 0.387 e. The number of nitrogens with zero attached hydrogens (tertiary/aromatic N) is 1. The fraction of sp³-hybridized carbons (Fsp3) is 0.462. The van der Waals surface area contributed by atoms with E-state index in [2.05, 4.69) is 22.6 Å². The summed E-state index contributed by atoms with van der Waals surface area (Å²) >= 11 is 0. The molecule has 1 aromatic carbocycles. The van der Waals surface area contributed by atoms with Crippen molar-refractivity contribution < 1.29 is 4.79 Å². The number of likely N-dealkylation sites (tertiary alicyclic amines) is 1. The lowest BCUT2D eigenvalue weighted by Gasteiger charge is -2.14. The predicted octanol–water partition coefficient (Wildman–Crippen LogP) is 1.16. The van der Waals surface area contributed by atoms with Crippen molar-refractivity contribution in [1.82, 2.24) is 10.2 Å². The molecule has 1 aromatic rings. The van der Waals surface area contributed by atoms with E-state index in [0.29, 0.717) is 5.56 Å². The van der Waals surface area contributed by atoms with Crippen molar-refractivity contribution in [2.75, 3.05) is 32.5 Å². The quantitative estimate of drug-likeness (QED) is 0.823. The Morgan fingerprint density at radius 1 is 1.41 bits per heavy atom. The Balaban J connectivity index is 2.04. The maximum Gasteiger partial charge on any atom is 0.253 e. The van der Waals surface area contributed by atoms with Crippen LogP contribution in [0.2, 0.25) is 0 Å². The van der Waals surface area contributed by atoms with Gasteiger partial charge in [-0.1, -0.05) is 12.1 Å². The van der Waals surface area contributed by atoms with E-state index in [9.17, 15) is 4.79 Å². The van der Waals surface area contributed by atoms with Crippen molar-refractivity contribution in [3.63, 3.8) is 0 Å². The summed E-state index contributed by atoms with van der Waals surface area (Å²) in [5.41, 5.74) is 1.58. The summed E-state index contributed by atoms with van der Waals surface area (Å²) in [5, 5.41) is 6.12. The molecule has 0 aliphatic carbocycles. The van der Waals surface area contributed by atoms with Gasteiger partial charge in [0.05, 0.1) is 5.56 Å². The minimum absolute atomic E-state index is 0.00949. The van der Waals surface area contributed by atoms with Gasteiger partial charge in [-0.2, -0.15) is 0 Å². The molecule has 4 heteroatoms. The van der Waals surface area contributed by atoms with Crippen molar-refractivity contribution in [3.8, 4) is 0 Å². The lowest BCUT2D eigenvalue weighted by molar-refractivity contribution is 0.0939. The van der Waals surface area contributed by atoms with Crippen LogP contribution in [-0.2, 0) is 0 Å². The van der Waals surface area contributed by atoms with Gasteiger partial charge >= 0.3 is 0 Å². The Morgan fingerprint density at radius 2 is 2.18 bits per heavy atom. The second kappa shape index (κ2) is 5.19. The van der Waals surface area contributed by atoms with Gasteiger partial charge in [0, 0.05) is 25.3 Å². The van der Waals surface area contributed by atoms with Crippen LogP contribution < -0.4 is 10.6 Å². The van der Waals surface area contributed by atoms with Crippen LogP contribution in [0.4, 0.5) is 5.69 Å². The standard InChI is InChI=1S/C13H19N3O/c1-14-12-6-4-3-5-11(12)13(17)15-10-7-8-16(2)9-10/h3-6,10,14H,7-9H2,1-2H3,(H,15,17). The summed E-state index contributed by atoms with van der Waals surface area (Å²) in [7, 11) is 3.91. The number of hydrogen-bond acceptors (Lipinski definition) is 3. The number of anilines is 1. The van der Waals surface area contributed by atoms with Crippen LogP contribution in [0, 0.1) is 0 Å². The van der Waals surface area contributed by atoms with E-state index in [0.717, 1.165) is 25.2 Å². The number of likely N-dealkylation sites (N-methyl/N-ethyl adjacent to an activating group) is 1. The van der Waals surface area contributed by atoms with Crippen molar-refractivity contribution in [1.29, 1.82) is 0 Å². The van der Waals surface area contributed by atoms with E-state index in [4.69, 9.17) is 0 Å². The molecule has 0 bridgehead atoms. The fourth-order valence-corrected chi connectivity index (χ4v) is 2.22. The van der Waals surface area contributed by atoms with Gasteiger partial charge in [-0.15, -0.1) is 0 Å². The molecular weight excluding hydrogens is 214 g/mol. The molecule has 1 saturated heterocycles. The number of benzene rings is 1. The van der Waals surface area contributed by atoms with Gasteiger partial charge in [0.15, 0.2) is 0 Å². The van der Waals surface area contributed by atoms with Crippen molar-refractivity contribution in [2.24, 2.45) is 0 Å². The lowest BCUT2D eigenvalue weighted by Crippen LogP contribution is -2.36. The second-order valence-corrected chi connectivity index (χ2v) is 4.52. The first-order valence-corrected chi connectivity index (χ1v) is 5.97. The Bertz CT molecular complexity index is 405. The molecule has 2 N–H and O–H groups in total. The smallest absolute Gasteiger partial charge is 0.253 e. The third kappa shape index (κ3) is 2.77. The molecule has 2 rings (SSSR count). The van der Waals surface area contributed by atoms with Crippen LogP contribution in [0.15, 0.2) is 24.3 Å². The van der Waals surface area contributed by atoms with E-state index in [1.807, 2.05) is 31.3 Å². The topological polar surface area (TPSA) is 44.4 Å². The molecule has 1 aliphatic heterocycles. The van der Waals surface area contributed by atoms with Gasteiger partial charge in [0.25, 0.3) is 5.91 Å². The summed E-state index contributed by atoms with van der Waals surface area (Å²) in [5.74, 6) is 0.00949. The Kier molecular flexibility index (Phi) is 3.64. The van der Waals surface area contributed by atoms with Gasteiger partial charge in [0.1, 0.15) is 0 Å². The molecule has 1 atom stereocenters. The van der Waals surface area contributed by atoms with Crippen LogP contribution in [0.3, 0.4) is 0 Å². The number of amides is 1. The number of rotatable bonds is 3. The van der Waals surface area contributed by atoms with Crippen molar-refractivity contribution in [2.45, 2.75) is 12.5 Å². The summed E-state index contributed by atoms with van der Waals surface area (Å²) in [4.78, 5) is 14.3. The van der Waals surface area contributed by atoms with E-state index < -0.39 is 0 Å².